The lowest BCUT2D eigenvalue weighted by atomic mass is 10.0. The fourth-order valence-electron chi connectivity index (χ4n) is 3.52. The highest BCUT2D eigenvalue weighted by Gasteiger charge is 2.42. The Labute approximate surface area is 165 Å². The second-order valence-electron chi connectivity index (χ2n) is 7.21. The molecule has 0 saturated carbocycles. The van der Waals surface area contributed by atoms with E-state index in [-0.39, 0.29) is 29.9 Å². The maximum atomic E-state index is 11.9. The van der Waals surface area contributed by atoms with Gasteiger partial charge < -0.3 is 27.0 Å². The van der Waals surface area contributed by atoms with Crippen LogP contribution in [0.15, 0.2) is 0 Å². The highest BCUT2D eigenvalue weighted by molar-refractivity contribution is 8.00. The first-order chi connectivity index (χ1) is 13.0. The molecule has 27 heavy (non-hydrogen) atoms. The van der Waals surface area contributed by atoms with Gasteiger partial charge in [0.15, 0.2) is 0 Å². The van der Waals surface area contributed by atoms with Crippen molar-refractivity contribution in [1.82, 2.24) is 21.3 Å². The van der Waals surface area contributed by atoms with Crippen LogP contribution in [-0.4, -0.2) is 60.1 Å². The average Bonchev–Trinajstić information content (AvgIpc) is 3.18. The van der Waals surface area contributed by atoms with Crippen LogP contribution in [0.2, 0.25) is 0 Å². The Morgan fingerprint density at radius 1 is 1.22 bits per heavy atom. The van der Waals surface area contributed by atoms with E-state index >= 15 is 0 Å². The molecule has 2 heterocycles. The van der Waals surface area contributed by atoms with Crippen molar-refractivity contribution < 1.29 is 14.4 Å². The molecule has 0 aromatic heterocycles. The van der Waals surface area contributed by atoms with E-state index in [0.717, 1.165) is 37.9 Å². The van der Waals surface area contributed by atoms with E-state index in [1.807, 2.05) is 18.7 Å². The fraction of sp³-hybridized carbons (Fsp3) is 0.833. The predicted molar refractivity (Wildman–Crippen MR) is 107 cm³/mol. The minimum atomic E-state index is -0.464. The second kappa shape index (κ2) is 11.4. The molecule has 0 spiro atoms. The zero-order chi connectivity index (χ0) is 19.6. The number of likely N-dealkylation sites (N-methyl/N-ethyl adjacent to an activating group) is 1. The highest BCUT2D eigenvalue weighted by Crippen LogP contribution is 2.33. The van der Waals surface area contributed by atoms with Crippen molar-refractivity contribution in [3.05, 3.63) is 0 Å². The van der Waals surface area contributed by atoms with Gasteiger partial charge in [-0.05, 0) is 39.0 Å². The third kappa shape index (κ3) is 7.21. The summed E-state index contributed by atoms with van der Waals surface area (Å²) in [5.74, 6) is 0.940. The number of urea groups is 1. The Morgan fingerprint density at radius 3 is 2.81 bits per heavy atom. The van der Waals surface area contributed by atoms with Crippen LogP contribution in [0.5, 0.6) is 0 Å². The summed E-state index contributed by atoms with van der Waals surface area (Å²) < 4.78 is 0. The first-order valence-electron chi connectivity index (χ1n) is 10.00. The van der Waals surface area contributed by atoms with Gasteiger partial charge in [0.1, 0.15) is 0 Å². The lowest BCUT2D eigenvalue weighted by molar-refractivity contribution is -0.123. The molecule has 2 aliphatic heterocycles. The molecular weight excluding hydrogens is 366 g/mol. The van der Waals surface area contributed by atoms with Gasteiger partial charge in [-0.1, -0.05) is 6.42 Å². The van der Waals surface area contributed by atoms with Gasteiger partial charge in [0.25, 0.3) is 0 Å². The molecule has 4 unspecified atom stereocenters. The standard InChI is InChI=1S/C18H33N5O3S/c1-2-20-17(25)12(19)7-5-6-10-21-15(24)9-4-3-8-14-16-13(11-27-14)22-18(26)23-16/h12-14,16H,2-11,19H2,1H3,(H,20,25)(H,21,24)(H2,22,23,26). The van der Waals surface area contributed by atoms with E-state index in [4.69, 9.17) is 5.73 Å². The number of thioether (sulfide) groups is 1. The quantitative estimate of drug-likeness (QED) is 0.241. The van der Waals surface area contributed by atoms with Crippen LogP contribution in [0.4, 0.5) is 4.79 Å². The molecule has 6 N–H and O–H groups in total. The number of nitrogens with two attached hydrogens (primary N) is 1. The largest absolute Gasteiger partial charge is 0.356 e. The summed E-state index contributed by atoms with van der Waals surface area (Å²) >= 11 is 1.91. The van der Waals surface area contributed by atoms with Crippen molar-refractivity contribution in [2.45, 2.75) is 75.2 Å². The third-order valence-corrected chi connectivity index (χ3v) is 6.54. The van der Waals surface area contributed by atoms with Crippen LogP contribution >= 0.6 is 11.8 Å². The molecule has 0 aromatic carbocycles. The molecule has 0 bridgehead atoms. The number of unbranched alkanes of at least 4 members (excludes halogenated alkanes) is 2. The Balaban J connectivity index is 1.45. The van der Waals surface area contributed by atoms with E-state index in [1.165, 1.54) is 0 Å². The van der Waals surface area contributed by atoms with Crippen LogP contribution in [0.25, 0.3) is 0 Å². The summed E-state index contributed by atoms with van der Waals surface area (Å²) in [6, 6.07) is -0.0192. The first kappa shape index (κ1) is 21.8. The van der Waals surface area contributed by atoms with Gasteiger partial charge >= 0.3 is 6.03 Å². The molecule has 0 aromatic rings. The molecule has 4 atom stereocenters. The maximum Gasteiger partial charge on any atom is 0.315 e. The molecule has 2 fully saturated rings. The van der Waals surface area contributed by atoms with E-state index < -0.39 is 6.04 Å². The average molecular weight is 400 g/mol. The minimum Gasteiger partial charge on any atom is -0.356 e. The predicted octanol–water partition coefficient (Wildman–Crippen LogP) is 0.462. The SMILES string of the molecule is CCNC(=O)C(N)CCCCNC(=O)CCCCC1SCC2NC(=O)NC21. The van der Waals surface area contributed by atoms with E-state index in [1.54, 1.807) is 0 Å². The second-order valence-corrected chi connectivity index (χ2v) is 8.49. The van der Waals surface area contributed by atoms with Crippen molar-refractivity contribution in [2.75, 3.05) is 18.8 Å². The number of hydrogen-bond acceptors (Lipinski definition) is 5. The lowest BCUT2D eigenvalue weighted by Gasteiger charge is -2.16. The Hall–Kier alpha value is -1.48. The summed E-state index contributed by atoms with van der Waals surface area (Å²) in [5.41, 5.74) is 5.79. The number of hydrogen-bond donors (Lipinski definition) is 5. The van der Waals surface area contributed by atoms with E-state index in [0.29, 0.717) is 31.2 Å². The lowest BCUT2D eigenvalue weighted by Crippen LogP contribution is -2.40. The summed E-state index contributed by atoms with van der Waals surface area (Å²) in [5, 5.41) is 12.0. The van der Waals surface area contributed by atoms with Crippen molar-refractivity contribution in [3.63, 3.8) is 0 Å². The normalized spacial score (nSPS) is 24.7. The van der Waals surface area contributed by atoms with Gasteiger partial charge in [-0.25, -0.2) is 4.79 Å². The molecule has 4 amide bonds. The van der Waals surface area contributed by atoms with Crippen molar-refractivity contribution in [2.24, 2.45) is 5.73 Å². The van der Waals surface area contributed by atoms with Gasteiger partial charge in [-0.2, -0.15) is 11.8 Å². The van der Waals surface area contributed by atoms with Gasteiger partial charge in [-0.3, -0.25) is 9.59 Å². The van der Waals surface area contributed by atoms with Gasteiger partial charge in [-0.15, -0.1) is 0 Å². The first-order valence-corrected chi connectivity index (χ1v) is 11.0. The van der Waals surface area contributed by atoms with Gasteiger partial charge in [0.05, 0.1) is 18.1 Å². The molecule has 2 aliphatic rings. The molecule has 8 nitrogen and oxygen atoms in total. The number of fused-ring (bicyclic) bond motifs is 1. The van der Waals surface area contributed by atoms with E-state index in [9.17, 15) is 14.4 Å². The highest BCUT2D eigenvalue weighted by atomic mass is 32.2. The fourth-order valence-corrected chi connectivity index (χ4v) is 5.06. The summed E-state index contributed by atoms with van der Waals surface area (Å²) in [4.78, 5) is 34.7. The maximum absolute atomic E-state index is 11.9. The van der Waals surface area contributed by atoms with Crippen LogP contribution in [0, 0.1) is 0 Å². The Bertz CT molecular complexity index is 519. The molecule has 9 heteroatoms. The summed E-state index contributed by atoms with van der Waals surface area (Å²) in [6.45, 7) is 3.09. The van der Waals surface area contributed by atoms with Gasteiger partial charge in [0, 0.05) is 30.5 Å². The van der Waals surface area contributed by atoms with Crippen molar-refractivity contribution in [3.8, 4) is 0 Å². The number of rotatable bonds is 12. The van der Waals surface area contributed by atoms with Crippen LogP contribution in [0.1, 0.15) is 51.9 Å². The number of carbonyl (C=O) groups is 3. The monoisotopic (exact) mass is 399 g/mol. The van der Waals surface area contributed by atoms with Crippen molar-refractivity contribution in [1.29, 1.82) is 0 Å². The number of amides is 4. The zero-order valence-corrected chi connectivity index (χ0v) is 16.9. The molecule has 154 valence electrons. The molecule has 0 aliphatic carbocycles. The minimum absolute atomic E-state index is 0.0540. The van der Waals surface area contributed by atoms with Crippen LogP contribution < -0.4 is 27.0 Å². The van der Waals surface area contributed by atoms with Gasteiger partial charge in [0.2, 0.25) is 11.8 Å². The molecule has 2 rings (SSSR count). The smallest absolute Gasteiger partial charge is 0.315 e. The Kier molecular flexibility index (Phi) is 9.20. The summed E-state index contributed by atoms with van der Waals surface area (Å²) in [6.07, 6.45) is 5.70. The summed E-state index contributed by atoms with van der Waals surface area (Å²) in [7, 11) is 0. The number of carbonyl (C=O) groups excluding carboxylic acids is 3. The van der Waals surface area contributed by atoms with Crippen molar-refractivity contribution >= 4 is 29.6 Å². The topological polar surface area (TPSA) is 125 Å². The zero-order valence-electron chi connectivity index (χ0n) is 16.1. The van der Waals surface area contributed by atoms with Crippen LogP contribution in [-0.2, 0) is 9.59 Å². The Morgan fingerprint density at radius 2 is 2.04 bits per heavy atom. The molecule has 0 radical (unpaired) electrons. The molecular formula is C18H33N5O3S. The van der Waals surface area contributed by atoms with Crippen LogP contribution in [0.3, 0.4) is 0 Å². The number of nitrogens with one attached hydrogen (secondary N) is 4. The van der Waals surface area contributed by atoms with E-state index in [2.05, 4.69) is 21.3 Å². The third-order valence-electron chi connectivity index (χ3n) is 5.03. The molecule has 2 saturated heterocycles.